The van der Waals surface area contributed by atoms with Crippen molar-refractivity contribution < 1.29 is 29.2 Å². The van der Waals surface area contributed by atoms with Crippen LogP contribution in [-0.2, 0) is 20.9 Å². The average molecular weight is 434 g/mol. The summed E-state index contributed by atoms with van der Waals surface area (Å²) in [6.45, 7) is 4.51. The third kappa shape index (κ3) is 9.24. The fraction of sp³-hybridized carbons (Fsp3) is 0.619. The number of aliphatic hydroxyl groups excluding tert-OH is 1. The molecule has 0 saturated heterocycles. The van der Waals surface area contributed by atoms with Gasteiger partial charge in [-0.15, -0.1) is 0 Å². The Morgan fingerprint density at radius 2 is 2.10 bits per heavy atom. The maximum Gasteiger partial charge on any atom is 0.306 e. The SMILES string of the molecule is COCCCOc1cc(COCC(N=[N+]=[N-])C(O)CC(C(=O)O)C(C)C)ccc1C#N. The largest absolute Gasteiger partial charge is 0.492 e. The van der Waals surface area contributed by atoms with E-state index in [2.05, 4.69) is 16.1 Å². The Morgan fingerprint density at radius 3 is 2.68 bits per heavy atom. The van der Waals surface area contributed by atoms with Gasteiger partial charge in [-0.05, 0) is 35.6 Å². The van der Waals surface area contributed by atoms with Crippen LogP contribution in [0.3, 0.4) is 0 Å². The smallest absolute Gasteiger partial charge is 0.306 e. The van der Waals surface area contributed by atoms with Crippen molar-refractivity contribution in [2.75, 3.05) is 26.9 Å². The molecular weight excluding hydrogens is 404 g/mol. The summed E-state index contributed by atoms with van der Waals surface area (Å²) in [5.41, 5.74) is 9.92. The standard InChI is InChI=1S/C21H30N4O6/c1-14(2)17(21(27)28)10-19(26)18(24-25-23)13-30-12-15-5-6-16(11-22)20(9-15)31-8-4-7-29-3/h5-6,9,14,17-19,26H,4,7-8,10,12-13H2,1-3H3,(H,27,28). The summed E-state index contributed by atoms with van der Waals surface area (Å²) < 4.78 is 16.2. The second-order valence-electron chi connectivity index (χ2n) is 7.42. The van der Waals surface area contributed by atoms with Crippen molar-refractivity contribution in [3.8, 4) is 11.8 Å². The highest BCUT2D eigenvalue weighted by Crippen LogP contribution is 2.22. The van der Waals surface area contributed by atoms with Crippen LogP contribution in [0.15, 0.2) is 23.3 Å². The number of nitriles is 1. The van der Waals surface area contributed by atoms with Gasteiger partial charge in [0.25, 0.3) is 0 Å². The lowest BCUT2D eigenvalue weighted by molar-refractivity contribution is -0.144. The molecule has 2 N–H and O–H groups in total. The summed E-state index contributed by atoms with van der Waals surface area (Å²) in [5.74, 6) is -1.51. The van der Waals surface area contributed by atoms with Crippen LogP contribution in [0, 0.1) is 23.2 Å². The van der Waals surface area contributed by atoms with Crippen LogP contribution < -0.4 is 4.74 Å². The number of nitrogens with zero attached hydrogens (tertiary/aromatic N) is 4. The molecule has 0 aliphatic carbocycles. The molecule has 0 aliphatic rings. The molecule has 3 atom stereocenters. The van der Waals surface area contributed by atoms with E-state index in [-0.39, 0.29) is 25.6 Å². The predicted octanol–water partition coefficient (Wildman–Crippen LogP) is 3.28. The van der Waals surface area contributed by atoms with Gasteiger partial charge in [-0.3, -0.25) is 4.79 Å². The molecule has 3 unspecified atom stereocenters. The Labute approximate surface area is 182 Å². The molecule has 0 bridgehead atoms. The molecule has 0 aromatic heterocycles. The normalized spacial score (nSPS) is 13.7. The monoisotopic (exact) mass is 434 g/mol. The van der Waals surface area contributed by atoms with E-state index < -0.39 is 24.0 Å². The fourth-order valence-electron chi connectivity index (χ4n) is 2.91. The average Bonchev–Trinajstić information content (AvgIpc) is 2.74. The first kappa shape index (κ1) is 26.2. The number of carboxylic acid groups (broad SMARTS) is 1. The molecule has 170 valence electrons. The van der Waals surface area contributed by atoms with E-state index in [1.165, 1.54) is 0 Å². The van der Waals surface area contributed by atoms with Crippen molar-refractivity contribution in [2.24, 2.45) is 17.0 Å². The van der Waals surface area contributed by atoms with Gasteiger partial charge in [0.05, 0.1) is 43.4 Å². The molecule has 0 heterocycles. The van der Waals surface area contributed by atoms with Gasteiger partial charge in [-0.25, -0.2) is 0 Å². The van der Waals surface area contributed by atoms with Crippen LogP contribution in [-0.4, -0.2) is 55.3 Å². The number of aliphatic carboxylic acids is 1. The van der Waals surface area contributed by atoms with Gasteiger partial charge < -0.3 is 24.4 Å². The van der Waals surface area contributed by atoms with Gasteiger partial charge in [0.2, 0.25) is 0 Å². The second-order valence-corrected chi connectivity index (χ2v) is 7.42. The minimum Gasteiger partial charge on any atom is -0.492 e. The first-order valence-corrected chi connectivity index (χ1v) is 10.0. The van der Waals surface area contributed by atoms with E-state index in [0.29, 0.717) is 30.9 Å². The zero-order valence-corrected chi connectivity index (χ0v) is 18.1. The quantitative estimate of drug-likeness (QED) is 0.185. The highest BCUT2D eigenvalue weighted by atomic mass is 16.5. The summed E-state index contributed by atoms with van der Waals surface area (Å²) in [5, 5.41) is 32.5. The third-order valence-corrected chi connectivity index (χ3v) is 4.74. The van der Waals surface area contributed by atoms with E-state index in [1.54, 1.807) is 39.2 Å². The molecule has 0 fully saturated rings. The van der Waals surface area contributed by atoms with Crippen LogP contribution in [0.25, 0.3) is 10.4 Å². The van der Waals surface area contributed by atoms with Gasteiger partial charge in [-0.2, -0.15) is 5.26 Å². The summed E-state index contributed by atoms with van der Waals surface area (Å²) in [7, 11) is 1.60. The minimum absolute atomic E-state index is 0.0453. The zero-order chi connectivity index (χ0) is 23.2. The van der Waals surface area contributed by atoms with Crippen LogP contribution in [0.1, 0.15) is 37.8 Å². The Kier molecular flexibility index (Phi) is 12.0. The number of azide groups is 1. The van der Waals surface area contributed by atoms with Gasteiger partial charge in [0.1, 0.15) is 11.8 Å². The number of carbonyl (C=O) groups is 1. The number of hydrogen-bond donors (Lipinski definition) is 2. The highest BCUT2D eigenvalue weighted by molar-refractivity contribution is 5.70. The number of aliphatic hydroxyl groups is 1. The molecule has 0 saturated carbocycles. The lowest BCUT2D eigenvalue weighted by Gasteiger charge is -2.23. The third-order valence-electron chi connectivity index (χ3n) is 4.74. The molecule has 1 aromatic rings. The van der Waals surface area contributed by atoms with E-state index in [1.807, 2.05) is 0 Å². The van der Waals surface area contributed by atoms with Gasteiger partial charge >= 0.3 is 5.97 Å². The molecule has 0 aliphatic heterocycles. The van der Waals surface area contributed by atoms with E-state index >= 15 is 0 Å². The van der Waals surface area contributed by atoms with Crippen LogP contribution in [0.5, 0.6) is 5.75 Å². The van der Waals surface area contributed by atoms with E-state index in [9.17, 15) is 20.3 Å². The number of carboxylic acids is 1. The molecule has 31 heavy (non-hydrogen) atoms. The van der Waals surface area contributed by atoms with Crippen molar-refractivity contribution in [3.63, 3.8) is 0 Å². The first-order valence-electron chi connectivity index (χ1n) is 10.0. The molecule has 1 rings (SSSR count). The van der Waals surface area contributed by atoms with Crippen molar-refractivity contribution in [1.82, 2.24) is 0 Å². The van der Waals surface area contributed by atoms with Gasteiger partial charge in [0.15, 0.2) is 0 Å². The number of hydrogen-bond acceptors (Lipinski definition) is 7. The molecule has 1 aromatic carbocycles. The van der Waals surface area contributed by atoms with Crippen molar-refractivity contribution >= 4 is 5.97 Å². The predicted molar refractivity (Wildman–Crippen MR) is 112 cm³/mol. The zero-order valence-electron chi connectivity index (χ0n) is 18.1. The summed E-state index contributed by atoms with van der Waals surface area (Å²) >= 11 is 0. The summed E-state index contributed by atoms with van der Waals surface area (Å²) in [6, 6.07) is 6.20. The Bertz CT molecular complexity index is 789. The van der Waals surface area contributed by atoms with Crippen molar-refractivity contribution in [3.05, 3.63) is 39.8 Å². The minimum atomic E-state index is -1.15. The molecular formula is C21H30N4O6. The summed E-state index contributed by atoms with van der Waals surface area (Å²) in [6.07, 6.45) is -0.516. The van der Waals surface area contributed by atoms with Crippen LogP contribution >= 0.6 is 0 Å². The number of benzene rings is 1. The number of methoxy groups -OCH3 is 1. The van der Waals surface area contributed by atoms with Crippen LogP contribution in [0.2, 0.25) is 0 Å². The fourth-order valence-corrected chi connectivity index (χ4v) is 2.91. The van der Waals surface area contributed by atoms with E-state index in [0.717, 1.165) is 5.56 Å². The maximum absolute atomic E-state index is 11.4. The highest BCUT2D eigenvalue weighted by Gasteiger charge is 2.28. The lowest BCUT2D eigenvalue weighted by Crippen LogP contribution is -2.34. The lowest BCUT2D eigenvalue weighted by atomic mass is 9.88. The van der Waals surface area contributed by atoms with Crippen LogP contribution in [0.4, 0.5) is 0 Å². The van der Waals surface area contributed by atoms with Gasteiger partial charge in [0, 0.05) is 25.0 Å². The van der Waals surface area contributed by atoms with Crippen molar-refractivity contribution in [1.29, 1.82) is 5.26 Å². The summed E-state index contributed by atoms with van der Waals surface area (Å²) in [4.78, 5) is 14.1. The number of ether oxygens (including phenoxy) is 3. The molecule has 10 nitrogen and oxygen atoms in total. The second kappa shape index (κ2) is 14.2. The maximum atomic E-state index is 11.4. The Hall–Kier alpha value is -2.83. The molecule has 0 spiro atoms. The van der Waals surface area contributed by atoms with Gasteiger partial charge in [-0.1, -0.05) is 25.0 Å². The molecule has 0 amide bonds. The molecule has 10 heteroatoms. The molecule has 0 radical (unpaired) electrons. The topological polar surface area (TPSA) is 158 Å². The Balaban J connectivity index is 2.72. The number of rotatable bonds is 15. The first-order chi connectivity index (χ1) is 14.8. The van der Waals surface area contributed by atoms with Crippen molar-refractivity contribution in [2.45, 2.75) is 45.4 Å². The van der Waals surface area contributed by atoms with E-state index in [4.69, 9.17) is 19.7 Å². The Morgan fingerprint density at radius 1 is 1.35 bits per heavy atom.